The van der Waals surface area contributed by atoms with E-state index in [1.165, 1.54) is 4.52 Å². The van der Waals surface area contributed by atoms with E-state index in [1.807, 2.05) is 0 Å². The van der Waals surface area contributed by atoms with Crippen molar-refractivity contribution in [3.8, 4) is 11.4 Å². The number of hydrogen-bond acceptors (Lipinski definition) is 6. The molecule has 0 saturated heterocycles. The molecule has 3 aromatic heterocycles. The third kappa shape index (κ3) is 1.26. The van der Waals surface area contributed by atoms with Gasteiger partial charge in [-0.25, -0.2) is 4.98 Å². The maximum Gasteiger partial charge on any atom is 0.225 e. The Balaban J connectivity index is 2.25. The Hall–Kier alpha value is -2.57. The molecule has 0 bridgehead atoms. The zero-order valence-corrected chi connectivity index (χ0v) is 8.15. The standard InChI is InChI=1S/C9H7N7/c10-9-15-8(6-1-3-11-12-5-6)14-7-2-4-13-16(7)9/h1-5H,(H2,10,14,15). The van der Waals surface area contributed by atoms with Crippen LogP contribution in [0.4, 0.5) is 5.95 Å². The summed E-state index contributed by atoms with van der Waals surface area (Å²) in [6.45, 7) is 0. The summed E-state index contributed by atoms with van der Waals surface area (Å²) >= 11 is 0. The van der Waals surface area contributed by atoms with Crippen LogP contribution in [0.15, 0.2) is 30.7 Å². The van der Waals surface area contributed by atoms with Gasteiger partial charge in [0.15, 0.2) is 11.5 Å². The molecule has 0 aliphatic heterocycles. The summed E-state index contributed by atoms with van der Waals surface area (Å²) in [4.78, 5) is 8.45. The van der Waals surface area contributed by atoms with Crippen molar-refractivity contribution in [1.82, 2.24) is 29.8 Å². The third-order valence-electron chi connectivity index (χ3n) is 2.12. The lowest BCUT2D eigenvalue weighted by Crippen LogP contribution is -2.05. The lowest BCUT2D eigenvalue weighted by molar-refractivity contribution is 0.911. The molecule has 3 heterocycles. The van der Waals surface area contributed by atoms with E-state index < -0.39 is 0 Å². The Morgan fingerprint density at radius 1 is 1.06 bits per heavy atom. The first-order valence-electron chi connectivity index (χ1n) is 4.59. The van der Waals surface area contributed by atoms with E-state index in [0.29, 0.717) is 17.4 Å². The van der Waals surface area contributed by atoms with Crippen molar-refractivity contribution in [1.29, 1.82) is 0 Å². The highest BCUT2D eigenvalue weighted by Gasteiger charge is 2.07. The monoisotopic (exact) mass is 213 g/mol. The second-order valence-electron chi connectivity index (χ2n) is 3.14. The maximum absolute atomic E-state index is 5.75. The van der Waals surface area contributed by atoms with Crippen LogP contribution < -0.4 is 5.73 Å². The first-order chi connectivity index (χ1) is 7.84. The van der Waals surface area contributed by atoms with E-state index in [-0.39, 0.29) is 0 Å². The van der Waals surface area contributed by atoms with Crippen LogP contribution in [0.5, 0.6) is 0 Å². The van der Waals surface area contributed by atoms with Crippen LogP contribution in [0.1, 0.15) is 0 Å². The molecule has 0 aliphatic rings. The minimum atomic E-state index is 0.293. The molecule has 0 radical (unpaired) electrons. The van der Waals surface area contributed by atoms with Gasteiger partial charge in [-0.15, -0.1) is 0 Å². The van der Waals surface area contributed by atoms with Crippen LogP contribution in [-0.2, 0) is 0 Å². The number of anilines is 1. The predicted molar refractivity (Wildman–Crippen MR) is 56.2 cm³/mol. The van der Waals surface area contributed by atoms with Crippen LogP contribution >= 0.6 is 0 Å². The number of nitrogens with two attached hydrogens (primary N) is 1. The van der Waals surface area contributed by atoms with Gasteiger partial charge >= 0.3 is 0 Å². The molecule has 7 heteroatoms. The Labute approximate surface area is 90.0 Å². The smallest absolute Gasteiger partial charge is 0.225 e. The average molecular weight is 213 g/mol. The number of rotatable bonds is 1. The van der Waals surface area contributed by atoms with Crippen molar-refractivity contribution in [2.24, 2.45) is 0 Å². The van der Waals surface area contributed by atoms with Gasteiger partial charge in [-0.2, -0.15) is 24.8 Å². The van der Waals surface area contributed by atoms with Gasteiger partial charge < -0.3 is 5.73 Å². The first kappa shape index (κ1) is 8.72. The lowest BCUT2D eigenvalue weighted by atomic mass is 10.3. The van der Waals surface area contributed by atoms with Crippen LogP contribution in [0.3, 0.4) is 0 Å². The number of fused-ring (bicyclic) bond motifs is 1. The third-order valence-corrected chi connectivity index (χ3v) is 2.12. The quantitative estimate of drug-likeness (QED) is 0.618. The molecule has 0 amide bonds. The summed E-state index contributed by atoms with van der Waals surface area (Å²) < 4.78 is 1.47. The molecule has 16 heavy (non-hydrogen) atoms. The summed E-state index contributed by atoms with van der Waals surface area (Å²) in [5.74, 6) is 0.808. The van der Waals surface area contributed by atoms with Gasteiger partial charge in [0.05, 0.1) is 18.6 Å². The summed E-state index contributed by atoms with van der Waals surface area (Å²) in [6.07, 6.45) is 4.78. The molecule has 0 spiro atoms. The molecule has 2 N–H and O–H groups in total. The average Bonchev–Trinajstić information content (AvgIpc) is 2.79. The molecule has 0 unspecified atom stereocenters. The largest absolute Gasteiger partial charge is 0.368 e. The summed E-state index contributed by atoms with van der Waals surface area (Å²) in [5.41, 5.74) is 7.17. The molecular formula is C9H7N7. The maximum atomic E-state index is 5.75. The van der Waals surface area contributed by atoms with Crippen molar-refractivity contribution in [2.75, 3.05) is 5.73 Å². The SMILES string of the molecule is Nc1nc(-c2ccnnc2)nc2ccnn12. The lowest BCUT2D eigenvalue weighted by Gasteiger charge is -2.01. The number of nitrogens with zero attached hydrogens (tertiary/aromatic N) is 6. The second kappa shape index (κ2) is 3.23. The van der Waals surface area contributed by atoms with Crippen LogP contribution in [-0.4, -0.2) is 29.8 Å². The molecular weight excluding hydrogens is 206 g/mol. The molecule has 7 nitrogen and oxygen atoms in total. The van der Waals surface area contributed by atoms with E-state index in [1.54, 1.807) is 30.7 Å². The molecule has 0 saturated carbocycles. The minimum absolute atomic E-state index is 0.293. The van der Waals surface area contributed by atoms with E-state index in [2.05, 4.69) is 25.3 Å². The number of nitrogen functional groups attached to an aromatic ring is 1. The van der Waals surface area contributed by atoms with Gasteiger partial charge in [0.2, 0.25) is 5.95 Å². The molecule has 0 aliphatic carbocycles. The fraction of sp³-hybridized carbons (Fsp3) is 0. The fourth-order valence-corrected chi connectivity index (χ4v) is 1.40. The van der Waals surface area contributed by atoms with Gasteiger partial charge in [0.25, 0.3) is 0 Å². The molecule has 3 aromatic rings. The van der Waals surface area contributed by atoms with Crippen molar-refractivity contribution < 1.29 is 0 Å². The normalized spacial score (nSPS) is 10.8. The van der Waals surface area contributed by atoms with Crippen LogP contribution in [0, 0.1) is 0 Å². The molecule has 0 atom stereocenters. The summed E-state index contributed by atoms with van der Waals surface area (Å²) in [7, 11) is 0. The molecule has 0 fully saturated rings. The Kier molecular flexibility index (Phi) is 1.76. The van der Waals surface area contributed by atoms with E-state index in [0.717, 1.165) is 5.56 Å². The highest BCUT2D eigenvalue weighted by atomic mass is 15.3. The number of aromatic nitrogens is 6. The van der Waals surface area contributed by atoms with E-state index >= 15 is 0 Å². The molecule has 3 rings (SSSR count). The van der Waals surface area contributed by atoms with E-state index in [9.17, 15) is 0 Å². The summed E-state index contributed by atoms with van der Waals surface area (Å²) in [5, 5.41) is 11.4. The van der Waals surface area contributed by atoms with Crippen molar-refractivity contribution in [2.45, 2.75) is 0 Å². The molecule has 78 valence electrons. The van der Waals surface area contributed by atoms with Gasteiger partial charge in [0.1, 0.15) is 0 Å². The zero-order chi connectivity index (χ0) is 11.0. The van der Waals surface area contributed by atoms with E-state index in [4.69, 9.17) is 5.73 Å². The Morgan fingerprint density at radius 3 is 2.81 bits per heavy atom. The molecule has 0 aromatic carbocycles. The fourth-order valence-electron chi connectivity index (χ4n) is 1.40. The van der Waals surface area contributed by atoms with Gasteiger partial charge in [-0.1, -0.05) is 0 Å². The van der Waals surface area contributed by atoms with Crippen LogP contribution in [0.2, 0.25) is 0 Å². The first-order valence-corrected chi connectivity index (χ1v) is 4.59. The summed E-state index contributed by atoms with van der Waals surface area (Å²) in [6, 6.07) is 3.53. The van der Waals surface area contributed by atoms with Crippen molar-refractivity contribution >= 4 is 11.6 Å². The Bertz CT molecular complexity index is 631. The number of hydrogen-bond donors (Lipinski definition) is 1. The predicted octanol–water partition coefficient (Wildman–Crippen LogP) is 0.163. The van der Waals surface area contributed by atoms with Crippen molar-refractivity contribution in [3.63, 3.8) is 0 Å². The highest BCUT2D eigenvalue weighted by Crippen LogP contribution is 2.14. The zero-order valence-electron chi connectivity index (χ0n) is 8.15. The minimum Gasteiger partial charge on any atom is -0.368 e. The highest BCUT2D eigenvalue weighted by molar-refractivity contribution is 5.57. The topological polar surface area (TPSA) is 94.9 Å². The van der Waals surface area contributed by atoms with Gasteiger partial charge in [0, 0.05) is 11.6 Å². The van der Waals surface area contributed by atoms with Crippen LogP contribution in [0.25, 0.3) is 17.0 Å². The second-order valence-corrected chi connectivity index (χ2v) is 3.14. The van der Waals surface area contributed by atoms with Gasteiger partial charge in [-0.05, 0) is 6.07 Å². The van der Waals surface area contributed by atoms with Gasteiger partial charge in [-0.3, -0.25) is 0 Å². The Morgan fingerprint density at radius 2 is 2.00 bits per heavy atom. The van der Waals surface area contributed by atoms with Crippen molar-refractivity contribution in [3.05, 3.63) is 30.7 Å².